The Hall–Kier alpha value is -1.51. The maximum Gasteiger partial charge on any atom is 0.321 e. The summed E-state index contributed by atoms with van der Waals surface area (Å²) in [5, 5.41) is 3.00. The second kappa shape index (κ2) is 6.43. The molecule has 0 atom stereocenters. The second-order valence-corrected chi connectivity index (χ2v) is 4.89. The summed E-state index contributed by atoms with van der Waals surface area (Å²) < 4.78 is 0. The molecule has 2 rings (SSSR count). The highest BCUT2D eigenvalue weighted by atomic mass is 16.2. The van der Waals surface area contributed by atoms with Crippen molar-refractivity contribution in [1.82, 2.24) is 4.90 Å². The molecule has 2 amide bonds. The lowest BCUT2D eigenvalue weighted by Crippen LogP contribution is -2.35. The molecular formula is C15H22N2O. The maximum absolute atomic E-state index is 12.1. The molecule has 1 aliphatic heterocycles. The van der Waals surface area contributed by atoms with Crippen LogP contribution < -0.4 is 5.32 Å². The molecular weight excluding hydrogens is 224 g/mol. The van der Waals surface area contributed by atoms with Crippen LogP contribution >= 0.6 is 0 Å². The molecule has 1 aromatic carbocycles. The van der Waals surface area contributed by atoms with Crippen LogP contribution in [0.2, 0.25) is 0 Å². The number of urea groups is 1. The standard InChI is InChI=1S/C15H22N2O/c1-2-13-8-7-9-14(12-13)16-15(18)17-10-5-3-4-6-11-17/h7-9,12H,2-6,10-11H2,1H3,(H,16,18). The summed E-state index contributed by atoms with van der Waals surface area (Å²) in [6.07, 6.45) is 5.74. The number of anilines is 1. The van der Waals surface area contributed by atoms with E-state index in [1.165, 1.54) is 18.4 Å². The van der Waals surface area contributed by atoms with E-state index in [1.807, 2.05) is 17.0 Å². The van der Waals surface area contributed by atoms with Gasteiger partial charge in [-0.15, -0.1) is 0 Å². The number of rotatable bonds is 2. The molecule has 1 N–H and O–H groups in total. The molecule has 1 saturated heterocycles. The zero-order valence-electron chi connectivity index (χ0n) is 11.1. The summed E-state index contributed by atoms with van der Waals surface area (Å²) in [4.78, 5) is 14.1. The Morgan fingerprint density at radius 1 is 1.22 bits per heavy atom. The molecule has 1 aromatic rings. The summed E-state index contributed by atoms with van der Waals surface area (Å²) in [5.41, 5.74) is 2.16. The molecule has 0 aromatic heterocycles. The van der Waals surface area contributed by atoms with Crippen LogP contribution in [0.3, 0.4) is 0 Å². The Bertz CT molecular complexity index is 395. The number of benzene rings is 1. The predicted octanol–water partition coefficient (Wildman–Crippen LogP) is 3.66. The molecule has 0 radical (unpaired) electrons. The van der Waals surface area contributed by atoms with Gasteiger partial charge in [-0.25, -0.2) is 4.79 Å². The normalized spacial score (nSPS) is 16.2. The number of nitrogens with zero attached hydrogens (tertiary/aromatic N) is 1. The number of carbonyl (C=O) groups is 1. The summed E-state index contributed by atoms with van der Waals surface area (Å²) in [5.74, 6) is 0. The fourth-order valence-electron chi connectivity index (χ4n) is 2.35. The Morgan fingerprint density at radius 2 is 1.94 bits per heavy atom. The van der Waals surface area contributed by atoms with Gasteiger partial charge in [0.25, 0.3) is 0 Å². The first-order chi connectivity index (χ1) is 8.79. The molecule has 1 aliphatic rings. The van der Waals surface area contributed by atoms with E-state index in [9.17, 15) is 4.79 Å². The number of amides is 2. The topological polar surface area (TPSA) is 32.3 Å². The quantitative estimate of drug-likeness (QED) is 0.848. The lowest BCUT2D eigenvalue weighted by Gasteiger charge is -2.20. The Morgan fingerprint density at radius 3 is 2.61 bits per heavy atom. The van der Waals surface area contributed by atoms with E-state index in [1.54, 1.807) is 0 Å². The first-order valence-electron chi connectivity index (χ1n) is 6.94. The van der Waals surface area contributed by atoms with E-state index in [0.29, 0.717) is 0 Å². The van der Waals surface area contributed by atoms with Crippen LogP contribution in [0.15, 0.2) is 24.3 Å². The molecule has 3 nitrogen and oxygen atoms in total. The fraction of sp³-hybridized carbons (Fsp3) is 0.533. The van der Waals surface area contributed by atoms with E-state index in [4.69, 9.17) is 0 Å². The van der Waals surface area contributed by atoms with Crippen LogP contribution in [0.1, 0.15) is 38.2 Å². The lowest BCUT2D eigenvalue weighted by molar-refractivity contribution is 0.214. The lowest BCUT2D eigenvalue weighted by atomic mass is 10.1. The molecule has 0 saturated carbocycles. The Kier molecular flexibility index (Phi) is 4.62. The van der Waals surface area contributed by atoms with Crippen molar-refractivity contribution in [3.05, 3.63) is 29.8 Å². The van der Waals surface area contributed by atoms with Gasteiger partial charge in [0.15, 0.2) is 0 Å². The molecule has 18 heavy (non-hydrogen) atoms. The Balaban J connectivity index is 1.96. The van der Waals surface area contributed by atoms with Crippen molar-refractivity contribution in [1.29, 1.82) is 0 Å². The minimum atomic E-state index is 0.0464. The van der Waals surface area contributed by atoms with Crippen LogP contribution in [0.4, 0.5) is 10.5 Å². The third-order valence-electron chi connectivity index (χ3n) is 3.48. The third kappa shape index (κ3) is 3.49. The van der Waals surface area contributed by atoms with E-state index >= 15 is 0 Å². The highest BCUT2D eigenvalue weighted by molar-refractivity contribution is 5.89. The summed E-state index contributed by atoms with van der Waals surface area (Å²) >= 11 is 0. The number of carbonyl (C=O) groups excluding carboxylic acids is 1. The van der Waals surface area contributed by atoms with E-state index in [2.05, 4.69) is 24.4 Å². The fourth-order valence-corrected chi connectivity index (χ4v) is 2.35. The maximum atomic E-state index is 12.1. The predicted molar refractivity (Wildman–Crippen MR) is 74.9 cm³/mol. The van der Waals surface area contributed by atoms with Gasteiger partial charge in [0.1, 0.15) is 0 Å². The molecule has 98 valence electrons. The van der Waals surface area contributed by atoms with Gasteiger partial charge in [-0.2, -0.15) is 0 Å². The number of aryl methyl sites for hydroxylation is 1. The van der Waals surface area contributed by atoms with Gasteiger partial charge in [0.05, 0.1) is 0 Å². The number of hydrogen-bond acceptors (Lipinski definition) is 1. The summed E-state index contributed by atoms with van der Waals surface area (Å²) in [6, 6.07) is 8.13. The minimum absolute atomic E-state index is 0.0464. The Labute approximate surface area is 109 Å². The van der Waals surface area contributed by atoms with Crippen molar-refractivity contribution in [2.75, 3.05) is 18.4 Å². The average Bonchev–Trinajstić information content (AvgIpc) is 2.68. The van der Waals surface area contributed by atoms with Crippen LogP contribution in [0.5, 0.6) is 0 Å². The van der Waals surface area contributed by atoms with Gasteiger partial charge in [-0.05, 0) is 37.0 Å². The van der Waals surface area contributed by atoms with Crippen LogP contribution in [0, 0.1) is 0 Å². The van der Waals surface area contributed by atoms with Crippen molar-refractivity contribution in [2.24, 2.45) is 0 Å². The van der Waals surface area contributed by atoms with Gasteiger partial charge < -0.3 is 10.2 Å². The highest BCUT2D eigenvalue weighted by Crippen LogP contribution is 2.14. The average molecular weight is 246 g/mol. The number of hydrogen-bond donors (Lipinski definition) is 1. The van der Waals surface area contributed by atoms with Crippen molar-refractivity contribution >= 4 is 11.7 Å². The zero-order chi connectivity index (χ0) is 12.8. The monoisotopic (exact) mass is 246 g/mol. The van der Waals surface area contributed by atoms with Crippen LogP contribution in [-0.2, 0) is 6.42 Å². The smallest absolute Gasteiger partial charge is 0.321 e. The summed E-state index contributed by atoms with van der Waals surface area (Å²) in [7, 11) is 0. The van der Waals surface area contributed by atoms with Crippen LogP contribution in [-0.4, -0.2) is 24.0 Å². The van der Waals surface area contributed by atoms with E-state index in [0.717, 1.165) is 38.0 Å². The SMILES string of the molecule is CCc1cccc(NC(=O)N2CCCCCC2)c1. The molecule has 3 heteroatoms. The second-order valence-electron chi connectivity index (χ2n) is 4.89. The van der Waals surface area contributed by atoms with Gasteiger partial charge in [0, 0.05) is 18.8 Å². The third-order valence-corrected chi connectivity index (χ3v) is 3.48. The number of likely N-dealkylation sites (tertiary alicyclic amines) is 1. The molecule has 0 aliphatic carbocycles. The van der Waals surface area contributed by atoms with Gasteiger partial charge >= 0.3 is 6.03 Å². The molecule has 1 heterocycles. The van der Waals surface area contributed by atoms with Gasteiger partial charge in [-0.3, -0.25) is 0 Å². The first kappa shape index (κ1) is 12.9. The summed E-state index contributed by atoms with van der Waals surface area (Å²) in [6.45, 7) is 3.90. The molecule has 1 fully saturated rings. The largest absolute Gasteiger partial charge is 0.325 e. The highest BCUT2D eigenvalue weighted by Gasteiger charge is 2.15. The van der Waals surface area contributed by atoms with Gasteiger partial charge in [0.2, 0.25) is 0 Å². The van der Waals surface area contributed by atoms with Crippen molar-refractivity contribution in [3.8, 4) is 0 Å². The van der Waals surface area contributed by atoms with Crippen molar-refractivity contribution in [3.63, 3.8) is 0 Å². The minimum Gasteiger partial charge on any atom is -0.325 e. The molecule has 0 bridgehead atoms. The van der Waals surface area contributed by atoms with Crippen molar-refractivity contribution in [2.45, 2.75) is 39.0 Å². The molecule has 0 spiro atoms. The first-order valence-corrected chi connectivity index (χ1v) is 6.94. The van der Waals surface area contributed by atoms with Crippen LogP contribution in [0.25, 0.3) is 0 Å². The molecule has 0 unspecified atom stereocenters. The van der Waals surface area contributed by atoms with Gasteiger partial charge in [-0.1, -0.05) is 31.9 Å². The zero-order valence-corrected chi connectivity index (χ0v) is 11.1. The van der Waals surface area contributed by atoms with E-state index < -0.39 is 0 Å². The number of nitrogens with one attached hydrogen (secondary N) is 1. The van der Waals surface area contributed by atoms with Crippen molar-refractivity contribution < 1.29 is 4.79 Å². The van der Waals surface area contributed by atoms with E-state index in [-0.39, 0.29) is 6.03 Å².